The van der Waals surface area contributed by atoms with E-state index >= 15 is 0 Å². The molecule has 42 heavy (non-hydrogen) atoms. The van der Waals surface area contributed by atoms with E-state index in [0.717, 1.165) is 6.07 Å². The van der Waals surface area contributed by atoms with Crippen LogP contribution in [0, 0.1) is 5.82 Å². The maximum absolute atomic E-state index is 13.6. The quantitative estimate of drug-likeness (QED) is 0.386. The lowest BCUT2D eigenvalue weighted by atomic mass is 9.44. The van der Waals surface area contributed by atoms with Crippen molar-refractivity contribution in [3.05, 3.63) is 82.1 Å². The summed E-state index contributed by atoms with van der Waals surface area (Å²) in [7, 11) is 1.54. The standard InChI is InChI=1S/C30H26Cl2FN3O6/c1-40-19-5-2-17(3-6-19)28(39)36-12-25(42-24-9-4-18(31)10-23(24)36)27(38)35-30-14-29(15-30,16-30)34-26(37)13-41-20-7-8-21(32)22(33)11-20/h2-11,25H,12-16H2,1H3,(H,34,37)(H,35,38). The average molecular weight is 614 g/mol. The van der Waals surface area contributed by atoms with E-state index in [9.17, 15) is 18.8 Å². The number of fused-ring (bicyclic) bond motifs is 1. The van der Waals surface area contributed by atoms with Crippen LogP contribution in [0.15, 0.2) is 60.7 Å². The molecule has 1 atom stereocenters. The van der Waals surface area contributed by atoms with Crippen molar-refractivity contribution in [2.75, 3.05) is 25.2 Å². The SMILES string of the molecule is COc1ccc(C(=O)N2CC(C(=O)NC34CC(NC(=O)COc5ccc(Cl)c(F)c5)(C3)C4)Oc3ccc(Cl)cc32)cc1. The lowest BCUT2D eigenvalue weighted by molar-refractivity contribution is -0.153. The van der Waals surface area contributed by atoms with Crippen molar-refractivity contribution in [2.24, 2.45) is 0 Å². The molecule has 1 unspecified atom stereocenters. The summed E-state index contributed by atoms with van der Waals surface area (Å²) in [6, 6.07) is 15.6. The molecule has 2 bridgehead atoms. The van der Waals surface area contributed by atoms with Gasteiger partial charge in [0, 0.05) is 27.7 Å². The molecular formula is C30H26Cl2FN3O6. The van der Waals surface area contributed by atoms with Crippen LogP contribution in [0.25, 0.3) is 0 Å². The van der Waals surface area contributed by atoms with Gasteiger partial charge in [0.2, 0.25) is 0 Å². The van der Waals surface area contributed by atoms with Crippen LogP contribution in [-0.4, -0.2) is 55.2 Å². The van der Waals surface area contributed by atoms with E-state index in [4.69, 9.17) is 37.4 Å². The minimum atomic E-state index is -0.950. The molecule has 0 spiro atoms. The van der Waals surface area contributed by atoms with Gasteiger partial charge in [-0.3, -0.25) is 14.4 Å². The summed E-state index contributed by atoms with van der Waals surface area (Å²) in [6.07, 6.45) is 0.718. The number of amides is 3. The largest absolute Gasteiger partial charge is 0.497 e. The number of anilines is 1. The number of methoxy groups -OCH3 is 1. The summed E-state index contributed by atoms with van der Waals surface area (Å²) < 4.78 is 30.2. The Labute approximate surface area is 250 Å². The molecule has 1 aliphatic heterocycles. The molecule has 12 heteroatoms. The molecule has 4 aliphatic rings. The Morgan fingerprint density at radius 3 is 2.36 bits per heavy atom. The fraction of sp³-hybridized carbons (Fsp3) is 0.300. The van der Waals surface area contributed by atoms with Crippen molar-refractivity contribution in [1.82, 2.24) is 10.6 Å². The van der Waals surface area contributed by atoms with Crippen LogP contribution in [-0.2, 0) is 9.59 Å². The third-order valence-corrected chi connectivity index (χ3v) is 8.33. The molecule has 3 fully saturated rings. The molecule has 0 aromatic heterocycles. The van der Waals surface area contributed by atoms with Gasteiger partial charge >= 0.3 is 0 Å². The van der Waals surface area contributed by atoms with Gasteiger partial charge in [-0.1, -0.05) is 23.2 Å². The number of nitrogens with zero attached hydrogens (tertiary/aromatic N) is 1. The zero-order valence-corrected chi connectivity index (χ0v) is 23.9. The zero-order valence-electron chi connectivity index (χ0n) is 22.4. The topological polar surface area (TPSA) is 106 Å². The Balaban J connectivity index is 1.06. The van der Waals surface area contributed by atoms with Crippen molar-refractivity contribution in [3.63, 3.8) is 0 Å². The molecule has 3 aromatic rings. The molecule has 0 radical (unpaired) electrons. The minimum absolute atomic E-state index is 0.00930. The molecule has 2 N–H and O–H groups in total. The van der Waals surface area contributed by atoms with Crippen LogP contribution >= 0.6 is 23.2 Å². The van der Waals surface area contributed by atoms with E-state index in [1.165, 1.54) is 17.0 Å². The van der Waals surface area contributed by atoms with Crippen LogP contribution in [0.4, 0.5) is 10.1 Å². The van der Waals surface area contributed by atoms with Crippen molar-refractivity contribution in [3.8, 4) is 17.2 Å². The molecule has 3 aliphatic carbocycles. The van der Waals surface area contributed by atoms with Crippen LogP contribution < -0.4 is 29.7 Å². The van der Waals surface area contributed by atoms with Gasteiger partial charge in [-0.15, -0.1) is 0 Å². The fourth-order valence-electron chi connectivity index (χ4n) is 5.92. The molecule has 0 saturated heterocycles. The van der Waals surface area contributed by atoms with Gasteiger partial charge < -0.3 is 29.7 Å². The van der Waals surface area contributed by atoms with E-state index in [-0.39, 0.29) is 41.6 Å². The lowest BCUT2D eigenvalue weighted by Gasteiger charge is -2.70. The summed E-state index contributed by atoms with van der Waals surface area (Å²) in [6.45, 7) is -0.287. The highest BCUT2D eigenvalue weighted by Gasteiger charge is 2.69. The minimum Gasteiger partial charge on any atom is -0.497 e. The second-order valence-electron chi connectivity index (χ2n) is 10.9. The second kappa shape index (κ2) is 10.7. The zero-order chi connectivity index (χ0) is 29.6. The normalized spacial score (nSPS) is 23.3. The average Bonchev–Trinajstić information content (AvgIpc) is 2.95. The number of benzene rings is 3. The number of carbonyl (C=O) groups is 3. The van der Waals surface area contributed by atoms with Crippen LogP contribution in [0.3, 0.4) is 0 Å². The Hall–Kier alpha value is -4.02. The third kappa shape index (κ3) is 5.32. The Morgan fingerprint density at radius 1 is 0.976 bits per heavy atom. The first-order valence-electron chi connectivity index (χ1n) is 13.2. The predicted molar refractivity (Wildman–Crippen MR) is 153 cm³/mol. The predicted octanol–water partition coefficient (Wildman–Crippen LogP) is 4.54. The van der Waals surface area contributed by atoms with Gasteiger partial charge in [0.15, 0.2) is 12.7 Å². The number of halogens is 3. The summed E-state index contributed by atoms with van der Waals surface area (Å²) in [5.41, 5.74) is 0.0126. The van der Waals surface area contributed by atoms with Gasteiger partial charge in [0.05, 0.1) is 24.4 Å². The van der Waals surface area contributed by atoms with Gasteiger partial charge in [-0.05, 0) is 73.9 Å². The monoisotopic (exact) mass is 613 g/mol. The molecule has 3 aromatic carbocycles. The summed E-state index contributed by atoms with van der Waals surface area (Å²) in [5, 5.41) is 6.43. The van der Waals surface area contributed by atoms with Gasteiger partial charge in [-0.2, -0.15) is 0 Å². The highest BCUT2D eigenvalue weighted by Crippen LogP contribution is 2.60. The van der Waals surface area contributed by atoms with E-state index in [1.54, 1.807) is 49.6 Å². The highest BCUT2D eigenvalue weighted by atomic mass is 35.5. The van der Waals surface area contributed by atoms with E-state index in [0.29, 0.717) is 47.0 Å². The molecule has 9 nitrogen and oxygen atoms in total. The summed E-state index contributed by atoms with van der Waals surface area (Å²) in [4.78, 5) is 40.8. The van der Waals surface area contributed by atoms with Crippen molar-refractivity contribution < 1.29 is 33.0 Å². The van der Waals surface area contributed by atoms with Crippen LogP contribution in [0.5, 0.6) is 17.2 Å². The number of ether oxygens (including phenoxy) is 3. The summed E-state index contributed by atoms with van der Waals surface area (Å²) >= 11 is 11.9. The molecule has 3 amide bonds. The smallest absolute Gasteiger partial charge is 0.263 e. The third-order valence-electron chi connectivity index (χ3n) is 7.79. The second-order valence-corrected chi connectivity index (χ2v) is 11.7. The maximum atomic E-state index is 13.6. The van der Waals surface area contributed by atoms with Gasteiger partial charge in [-0.25, -0.2) is 4.39 Å². The Bertz CT molecular complexity index is 1560. The Kier molecular flexibility index (Phi) is 7.14. The van der Waals surface area contributed by atoms with Gasteiger partial charge in [0.1, 0.15) is 23.1 Å². The summed E-state index contributed by atoms with van der Waals surface area (Å²) in [5.74, 6) is -0.448. The van der Waals surface area contributed by atoms with Crippen molar-refractivity contribution in [1.29, 1.82) is 0 Å². The van der Waals surface area contributed by atoms with Crippen molar-refractivity contribution in [2.45, 2.75) is 36.4 Å². The van der Waals surface area contributed by atoms with E-state index in [2.05, 4.69) is 10.6 Å². The first kappa shape index (κ1) is 28.1. The molecular weight excluding hydrogens is 588 g/mol. The number of nitrogens with one attached hydrogen (secondary N) is 2. The van der Waals surface area contributed by atoms with Crippen LogP contribution in [0.1, 0.15) is 29.6 Å². The van der Waals surface area contributed by atoms with E-state index < -0.39 is 23.0 Å². The molecule has 7 rings (SSSR count). The first-order chi connectivity index (χ1) is 20.1. The number of hydrogen-bond donors (Lipinski definition) is 2. The Morgan fingerprint density at radius 2 is 1.67 bits per heavy atom. The number of carbonyl (C=O) groups excluding carboxylic acids is 3. The molecule has 218 valence electrons. The lowest BCUT2D eigenvalue weighted by Crippen LogP contribution is -2.84. The van der Waals surface area contributed by atoms with E-state index in [1.807, 2.05) is 0 Å². The molecule has 3 saturated carbocycles. The van der Waals surface area contributed by atoms with Crippen molar-refractivity contribution >= 4 is 46.6 Å². The fourth-order valence-corrected chi connectivity index (χ4v) is 6.20. The van der Waals surface area contributed by atoms with Gasteiger partial charge in [0.25, 0.3) is 17.7 Å². The molecule has 1 heterocycles. The number of hydrogen-bond acceptors (Lipinski definition) is 6. The highest BCUT2D eigenvalue weighted by molar-refractivity contribution is 6.31. The number of rotatable bonds is 8. The van der Waals surface area contributed by atoms with Crippen LogP contribution in [0.2, 0.25) is 10.0 Å². The maximum Gasteiger partial charge on any atom is 0.263 e. The first-order valence-corrected chi connectivity index (χ1v) is 14.0.